The van der Waals surface area contributed by atoms with Crippen molar-refractivity contribution in [1.29, 1.82) is 0 Å². The van der Waals surface area contributed by atoms with Gasteiger partial charge in [-0.25, -0.2) is 0 Å². The highest BCUT2D eigenvalue weighted by atomic mass is 16.8. The van der Waals surface area contributed by atoms with Crippen molar-refractivity contribution in [1.82, 2.24) is 0 Å². The topological polar surface area (TPSA) is 189 Å². The van der Waals surface area contributed by atoms with Crippen LogP contribution in [0, 0.1) is 47.3 Å². The lowest BCUT2D eigenvalue weighted by Crippen LogP contribution is -2.61. The lowest BCUT2D eigenvalue weighted by molar-refractivity contribution is -0.378. The molecule has 0 aromatic rings. The number of carboxylic acid groups (broad SMARTS) is 1. The van der Waals surface area contributed by atoms with Gasteiger partial charge in [0.15, 0.2) is 29.4 Å². The molecule has 0 aromatic heterocycles. The first-order valence-corrected chi connectivity index (χ1v) is 23.2. The van der Waals surface area contributed by atoms with Crippen LogP contribution in [0.2, 0.25) is 0 Å². The molecule has 6 fully saturated rings. The second-order valence-electron chi connectivity index (χ2n) is 20.6. The normalized spacial score (nSPS) is 48.6. The number of carboxylic acids is 1. The minimum Gasteiger partial charge on any atom is -0.481 e. The van der Waals surface area contributed by atoms with Gasteiger partial charge in [-0.3, -0.25) is 9.59 Å². The van der Waals surface area contributed by atoms with Crippen molar-refractivity contribution in [3.05, 3.63) is 11.6 Å². The highest BCUT2D eigenvalue weighted by Gasteiger charge is 2.66. The molecule has 6 aliphatic rings. The summed E-state index contributed by atoms with van der Waals surface area (Å²) in [6.45, 7) is 20.9. The van der Waals surface area contributed by atoms with Gasteiger partial charge in [0.25, 0.3) is 0 Å². The lowest BCUT2D eigenvalue weighted by atomic mass is 9.77. The van der Waals surface area contributed by atoms with E-state index in [9.17, 15) is 30.0 Å². The van der Waals surface area contributed by atoms with E-state index in [-0.39, 0.29) is 72.4 Å². The van der Waals surface area contributed by atoms with Crippen LogP contribution in [0.15, 0.2) is 11.6 Å². The largest absolute Gasteiger partial charge is 0.481 e. The number of aliphatic hydroxyl groups excluding tert-OH is 2. The number of Topliss-reactive ketones (excluding diaryl/α,β-unsaturated/α-hetero) is 1. The first-order chi connectivity index (χ1) is 28.5. The summed E-state index contributed by atoms with van der Waals surface area (Å²) in [4.78, 5) is 24.9. The zero-order valence-electron chi connectivity index (χ0n) is 38.8. The number of ketones is 1. The van der Waals surface area contributed by atoms with Gasteiger partial charge in [0.05, 0.1) is 61.4 Å². The Labute approximate surface area is 363 Å². The predicted octanol–water partition coefficient (Wildman–Crippen LogP) is 6.15. The molecule has 21 atom stereocenters. The van der Waals surface area contributed by atoms with Crippen molar-refractivity contribution in [3.8, 4) is 0 Å². The van der Waals surface area contributed by atoms with Crippen molar-refractivity contribution < 1.29 is 67.9 Å². The highest BCUT2D eigenvalue weighted by molar-refractivity contribution is 5.96. The van der Waals surface area contributed by atoms with Gasteiger partial charge in [-0.15, -0.1) is 0 Å². The van der Waals surface area contributed by atoms with Gasteiger partial charge in [-0.2, -0.15) is 0 Å². The molecule has 6 aliphatic heterocycles. The van der Waals surface area contributed by atoms with Gasteiger partial charge >= 0.3 is 5.97 Å². The van der Waals surface area contributed by atoms with Crippen LogP contribution in [0.25, 0.3) is 0 Å². The molecular formula is C47H78O14. The molecule has 0 amide bonds. The van der Waals surface area contributed by atoms with Crippen molar-refractivity contribution in [2.45, 2.75) is 212 Å². The fraction of sp³-hybridized carbons (Fsp3) is 0.915. The molecule has 0 bridgehead atoms. The zero-order valence-corrected chi connectivity index (χ0v) is 38.8. The maximum Gasteiger partial charge on any atom is 0.306 e. The van der Waals surface area contributed by atoms with E-state index in [0.29, 0.717) is 37.7 Å². The molecule has 14 nitrogen and oxygen atoms in total. The summed E-state index contributed by atoms with van der Waals surface area (Å²) in [5, 5.41) is 42.6. The molecule has 0 aromatic carbocycles. The molecule has 0 saturated carbocycles. The van der Waals surface area contributed by atoms with E-state index in [1.54, 1.807) is 27.9 Å². The lowest BCUT2D eigenvalue weighted by Gasteiger charge is -2.52. The summed E-state index contributed by atoms with van der Waals surface area (Å²) in [6, 6.07) is 0. The Morgan fingerprint density at radius 1 is 0.885 bits per heavy atom. The standard InChI is InChI=1S/C47H78O14/c1-24(40(50)25(2)18-28(5)43(51)52)17-26(3)41-32(9)34(49)21-45(59-41)22-38(56-39-16-14-35(54-12)33(10)55-39)44(11,61-45)37-15-13-29(6)47(58-37)31(8)20-36(57-47)42-27(4)19-30(7)46(53,23-48)60-42/h17,25-39,41-42,48-49,53H,13-16,18-23H2,1-12H3,(H,51,52)/b24-17+/t25-,26+,27+,28+,29-,30-,31+,32-,33-,34+,35+,36-,37-,38-,39+,41-,42+,44-,45+,46+,47-/m1/s1. The van der Waals surface area contributed by atoms with Crippen LogP contribution in [-0.4, -0.2) is 124 Å². The molecule has 350 valence electrons. The maximum atomic E-state index is 13.4. The Morgan fingerprint density at radius 2 is 1.59 bits per heavy atom. The number of carbonyl (C=O) groups is 2. The van der Waals surface area contributed by atoms with Gasteiger partial charge < -0.3 is 58.3 Å². The molecule has 6 rings (SSSR count). The fourth-order valence-corrected chi connectivity index (χ4v) is 11.8. The SMILES string of the molecule is CO[C@H]1CC[C@H](O[C@@H]2C[C@]3(C[C@H](O)[C@@H](C)[C@@H]([C@@H](C)/C=C(\C)C(=O)[C@H](C)C[C@H](C)C(=O)O)O3)O[C@]2(C)[C@H]2CC[C@@H](C)[C@@]3(O[C@@H]([C@H]4O[C@@](O)(CO)[C@H](C)C[C@@H]4C)C[C@@H]3C)O2)O[C@@H]1C. The van der Waals surface area contributed by atoms with Gasteiger partial charge in [-0.1, -0.05) is 61.5 Å². The number of aliphatic carboxylic acids is 1. The summed E-state index contributed by atoms with van der Waals surface area (Å²) in [5.41, 5.74) is -0.548. The molecule has 6 saturated heterocycles. The van der Waals surface area contributed by atoms with E-state index in [1.807, 2.05) is 40.7 Å². The summed E-state index contributed by atoms with van der Waals surface area (Å²) in [5.74, 6) is -6.78. The highest BCUT2D eigenvalue weighted by Crippen LogP contribution is 2.57. The number of aliphatic hydroxyl groups is 3. The maximum absolute atomic E-state index is 13.4. The Balaban J connectivity index is 1.27. The smallest absolute Gasteiger partial charge is 0.306 e. The monoisotopic (exact) mass is 867 g/mol. The molecular weight excluding hydrogens is 789 g/mol. The number of carbonyl (C=O) groups excluding carboxylic acids is 1. The van der Waals surface area contributed by atoms with Gasteiger partial charge in [0, 0.05) is 61.9 Å². The Bertz CT molecular complexity index is 1570. The first kappa shape index (κ1) is 48.9. The van der Waals surface area contributed by atoms with Crippen LogP contribution < -0.4 is 0 Å². The number of hydrogen-bond acceptors (Lipinski definition) is 13. The number of rotatable bonds is 13. The predicted molar refractivity (Wildman–Crippen MR) is 224 cm³/mol. The van der Waals surface area contributed by atoms with E-state index in [1.165, 1.54) is 0 Å². The van der Waals surface area contributed by atoms with Crippen molar-refractivity contribution in [3.63, 3.8) is 0 Å². The summed E-state index contributed by atoms with van der Waals surface area (Å²) >= 11 is 0. The van der Waals surface area contributed by atoms with Gasteiger partial charge in [0.2, 0.25) is 0 Å². The number of ether oxygens (including phenoxy) is 8. The molecule has 0 unspecified atom stereocenters. The minimum absolute atomic E-state index is 0.0248. The van der Waals surface area contributed by atoms with Crippen LogP contribution in [0.1, 0.15) is 134 Å². The van der Waals surface area contributed by atoms with Crippen molar-refractivity contribution >= 4 is 11.8 Å². The number of hydrogen-bond donors (Lipinski definition) is 4. The number of methoxy groups -OCH3 is 1. The Morgan fingerprint density at radius 3 is 2.23 bits per heavy atom. The molecule has 6 heterocycles. The number of allylic oxidation sites excluding steroid dienone is 1. The van der Waals surface area contributed by atoms with E-state index >= 15 is 0 Å². The summed E-state index contributed by atoms with van der Waals surface area (Å²) < 4.78 is 54.1. The molecule has 14 heteroatoms. The van der Waals surface area contributed by atoms with E-state index < -0.39 is 84.2 Å². The minimum atomic E-state index is -1.65. The summed E-state index contributed by atoms with van der Waals surface area (Å²) in [7, 11) is 1.69. The molecule has 4 N–H and O–H groups in total. The molecule has 0 aliphatic carbocycles. The van der Waals surface area contributed by atoms with Crippen molar-refractivity contribution in [2.75, 3.05) is 13.7 Å². The van der Waals surface area contributed by atoms with Crippen LogP contribution >= 0.6 is 0 Å². The zero-order chi connectivity index (χ0) is 45.0. The Kier molecular flexibility index (Phi) is 15.0. The van der Waals surface area contributed by atoms with Crippen LogP contribution in [0.3, 0.4) is 0 Å². The van der Waals surface area contributed by atoms with Crippen molar-refractivity contribution in [2.24, 2.45) is 47.3 Å². The fourth-order valence-electron chi connectivity index (χ4n) is 11.8. The van der Waals surface area contributed by atoms with Crippen LogP contribution in [-0.2, 0) is 47.5 Å². The molecule has 61 heavy (non-hydrogen) atoms. The average molecular weight is 867 g/mol. The van der Waals surface area contributed by atoms with Gasteiger partial charge in [-0.05, 0) is 70.8 Å². The van der Waals surface area contributed by atoms with E-state index in [4.69, 9.17) is 37.9 Å². The third kappa shape index (κ3) is 9.57. The quantitative estimate of drug-likeness (QED) is 0.154. The average Bonchev–Trinajstić information content (AvgIpc) is 3.67. The van der Waals surface area contributed by atoms with Crippen LogP contribution in [0.4, 0.5) is 0 Å². The third-order valence-electron chi connectivity index (χ3n) is 15.8. The second kappa shape index (κ2) is 18.7. The Hall–Kier alpha value is -1.56. The van der Waals surface area contributed by atoms with Gasteiger partial charge in [0.1, 0.15) is 5.60 Å². The molecule has 2 spiro atoms. The first-order valence-electron chi connectivity index (χ1n) is 23.2. The third-order valence-corrected chi connectivity index (χ3v) is 15.8. The molecule has 0 radical (unpaired) electrons. The van der Waals surface area contributed by atoms with Crippen LogP contribution in [0.5, 0.6) is 0 Å². The second-order valence-corrected chi connectivity index (χ2v) is 20.6. The summed E-state index contributed by atoms with van der Waals surface area (Å²) in [6.07, 6.45) is 2.84. The van der Waals surface area contributed by atoms with E-state index in [2.05, 4.69) is 20.8 Å². The van der Waals surface area contributed by atoms with E-state index in [0.717, 1.165) is 12.8 Å².